The van der Waals surface area contributed by atoms with Gasteiger partial charge >= 0.3 is 0 Å². The Kier molecular flexibility index (Phi) is 3.86. The first kappa shape index (κ1) is 13.1. The maximum Gasteiger partial charge on any atom is 0.110 e. The highest BCUT2D eigenvalue weighted by atomic mass is 15.2. The van der Waals surface area contributed by atoms with Crippen LogP contribution in [0.15, 0.2) is 6.20 Å². The first-order chi connectivity index (χ1) is 9.22. The van der Waals surface area contributed by atoms with E-state index in [2.05, 4.69) is 27.6 Å². The van der Waals surface area contributed by atoms with Gasteiger partial charge in [-0.25, -0.2) is 4.98 Å². The highest BCUT2D eigenvalue weighted by Crippen LogP contribution is 2.21. The molecule has 5 heteroatoms. The van der Waals surface area contributed by atoms with E-state index in [4.69, 9.17) is 10.7 Å². The molecule has 0 amide bonds. The topological polar surface area (TPSA) is 50.3 Å². The molecule has 0 aromatic carbocycles. The maximum atomic E-state index is 6.12. The number of aryl methyl sites for hydroxylation is 1. The monoisotopic (exact) mass is 263 g/mol. The second-order valence-electron chi connectivity index (χ2n) is 5.91. The third-order valence-electron chi connectivity index (χ3n) is 4.40. The number of nitrogens with two attached hydrogens (primary N) is 1. The van der Waals surface area contributed by atoms with E-state index in [1.165, 1.54) is 44.1 Å². The number of likely N-dealkylation sites (N-methyl/N-ethyl adjacent to an activating group) is 1. The molecule has 1 fully saturated rings. The van der Waals surface area contributed by atoms with Crippen molar-refractivity contribution in [2.45, 2.75) is 31.8 Å². The molecule has 19 heavy (non-hydrogen) atoms. The Morgan fingerprint density at radius 1 is 1.32 bits per heavy atom. The fourth-order valence-electron chi connectivity index (χ4n) is 3.03. The van der Waals surface area contributed by atoms with Gasteiger partial charge < -0.3 is 20.1 Å². The molecule has 3 heterocycles. The molecule has 0 saturated carbocycles. The van der Waals surface area contributed by atoms with Crippen LogP contribution in [0, 0.1) is 0 Å². The molecule has 2 N–H and O–H groups in total. The molecular weight excluding hydrogens is 238 g/mol. The lowest BCUT2D eigenvalue weighted by molar-refractivity contribution is 0.155. The molecule has 106 valence electrons. The van der Waals surface area contributed by atoms with E-state index in [9.17, 15) is 0 Å². The number of imidazole rings is 1. The van der Waals surface area contributed by atoms with Crippen molar-refractivity contribution in [2.24, 2.45) is 5.73 Å². The lowest BCUT2D eigenvalue weighted by atomic mass is 10.1. The van der Waals surface area contributed by atoms with Crippen LogP contribution < -0.4 is 5.73 Å². The summed E-state index contributed by atoms with van der Waals surface area (Å²) in [6.07, 6.45) is 6.72. The summed E-state index contributed by atoms with van der Waals surface area (Å²) in [5.74, 6) is 1.19. The number of rotatable bonds is 3. The van der Waals surface area contributed by atoms with Gasteiger partial charge in [0, 0.05) is 51.8 Å². The average molecular weight is 263 g/mol. The van der Waals surface area contributed by atoms with Crippen LogP contribution in [0.4, 0.5) is 0 Å². The molecule has 1 saturated heterocycles. The minimum absolute atomic E-state index is 0.147. The lowest BCUT2D eigenvalue weighted by Crippen LogP contribution is -2.45. The zero-order chi connectivity index (χ0) is 13.2. The van der Waals surface area contributed by atoms with Crippen molar-refractivity contribution in [2.75, 3.05) is 39.8 Å². The van der Waals surface area contributed by atoms with Gasteiger partial charge in [0.1, 0.15) is 5.82 Å². The SMILES string of the molecule is CN1CCN(CCc2cn3c(n2)CCCC3N)CC1. The number of hydrogen-bond acceptors (Lipinski definition) is 4. The average Bonchev–Trinajstić information content (AvgIpc) is 2.83. The molecular formula is C14H25N5. The third kappa shape index (κ3) is 2.99. The second kappa shape index (κ2) is 5.61. The molecule has 1 atom stereocenters. The van der Waals surface area contributed by atoms with Gasteiger partial charge in [-0.1, -0.05) is 0 Å². The van der Waals surface area contributed by atoms with Crippen LogP contribution in [0.25, 0.3) is 0 Å². The van der Waals surface area contributed by atoms with Crippen molar-refractivity contribution in [1.82, 2.24) is 19.4 Å². The number of fused-ring (bicyclic) bond motifs is 1. The summed E-state index contributed by atoms with van der Waals surface area (Å²) >= 11 is 0. The van der Waals surface area contributed by atoms with Gasteiger partial charge in [-0.05, 0) is 19.9 Å². The number of piperazine rings is 1. The quantitative estimate of drug-likeness (QED) is 0.861. The molecule has 0 bridgehead atoms. The summed E-state index contributed by atoms with van der Waals surface area (Å²) in [5.41, 5.74) is 7.34. The van der Waals surface area contributed by atoms with Crippen LogP contribution in [0.1, 0.15) is 30.5 Å². The minimum Gasteiger partial charge on any atom is -0.319 e. The minimum atomic E-state index is 0.147. The first-order valence-electron chi connectivity index (χ1n) is 7.45. The van der Waals surface area contributed by atoms with Gasteiger partial charge in [0.25, 0.3) is 0 Å². The molecule has 1 aromatic rings. The van der Waals surface area contributed by atoms with E-state index in [-0.39, 0.29) is 6.17 Å². The van der Waals surface area contributed by atoms with Crippen LogP contribution in [0.2, 0.25) is 0 Å². The van der Waals surface area contributed by atoms with Crippen molar-refractivity contribution in [3.8, 4) is 0 Å². The van der Waals surface area contributed by atoms with Crippen LogP contribution >= 0.6 is 0 Å². The summed E-state index contributed by atoms with van der Waals surface area (Å²) < 4.78 is 2.18. The van der Waals surface area contributed by atoms with Gasteiger partial charge in [-0.3, -0.25) is 0 Å². The molecule has 2 aliphatic heterocycles. The summed E-state index contributed by atoms with van der Waals surface area (Å²) in [6.45, 7) is 5.86. The zero-order valence-corrected chi connectivity index (χ0v) is 11.9. The van der Waals surface area contributed by atoms with E-state index in [1.54, 1.807) is 0 Å². The van der Waals surface area contributed by atoms with Crippen molar-refractivity contribution < 1.29 is 0 Å². The Hall–Kier alpha value is -0.910. The highest BCUT2D eigenvalue weighted by Gasteiger charge is 2.19. The fraction of sp³-hybridized carbons (Fsp3) is 0.786. The lowest BCUT2D eigenvalue weighted by Gasteiger charge is -2.32. The normalized spacial score (nSPS) is 25.5. The molecule has 3 rings (SSSR count). The third-order valence-corrected chi connectivity index (χ3v) is 4.40. The standard InChI is InChI=1S/C14H25N5/c1-17-7-9-18(10-8-17)6-5-12-11-19-13(15)3-2-4-14(19)16-12/h11,13H,2-10,15H2,1H3. The van der Waals surface area contributed by atoms with Crippen LogP contribution in [0.3, 0.4) is 0 Å². The Morgan fingerprint density at radius 3 is 2.84 bits per heavy atom. The van der Waals surface area contributed by atoms with E-state index >= 15 is 0 Å². The Labute approximate surface area is 115 Å². The zero-order valence-electron chi connectivity index (χ0n) is 11.9. The van der Waals surface area contributed by atoms with Gasteiger partial charge in [0.2, 0.25) is 0 Å². The van der Waals surface area contributed by atoms with Crippen molar-refractivity contribution in [1.29, 1.82) is 0 Å². The van der Waals surface area contributed by atoms with E-state index in [1.807, 2.05) is 0 Å². The van der Waals surface area contributed by atoms with Gasteiger partial charge in [0.05, 0.1) is 11.9 Å². The Balaban J connectivity index is 1.56. The number of aromatic nitrogens is 2. The predicted octanol–water partition coefficient (Wildman–Crippen LogP) is 0.467. The maximum absolute atomic E-state index is 6.12. The molecule has 5 nitrogen and oxygen atoms in total. The molecule has 2 aliphatic rings. The Morgan fingerprint density at radius 2 is 2.11 bits per heavy atom. The first-order valence-corrected chi connectivity index (χ1v) is 7.45. The predicted molar refractivity (Wildman–Crippen MR) is 76.0 cm³/mol. The van der Waals surface area contributed by atoms with Crippen LogP contribution in [-0.2, 0) is 12.8 Å². The second-order valence-corrected chi connectivity index (χ2v) is 5.91. The summed E-state index contributed by atoms with van der Waals surface area (Å²) in [6, 6.07) is 0. The van der Waals surface area contributed by atoms with E-state index < -0.39 is 0 Å². The molecule has 1 unspecified atom stereocenters. The largest absolute Gasteiger partial charge is 0.319 e. The molecule has 0 spiro atoms. The van der Waals surface area contributed by atoms with Crippen LogP contribution in [0.5, 0.6) is 0 Å². The van der Waals surface area contributed by atoms with Crippen molar-refractivity contribution >= 4 is 0 Å². The summed E-state index contributed by atoms with van der Waals surface area (Å²) in [7, 11) is 2.20. The number of hydrogen-bond donors (Lipinski definition) is 1. The van der Waals surface area contributed by atoms with Gasteiger partial charge in [-0.15, -0.1) is 0 Å². The van der Waals surface area contributed by atoms with Crippen molar-refractivity contribution in [3.63, 3.8) is 0 Å². The van der Waals surface area contributed by atoms with Crippen LogP contribution in [-0.4, -0.2) is 59.1 Å². The smallest absolute Gasteiger partial charge is 0.110 e. The van der Waals surface area contributed by atoms with Crippen molar-refractivity contribution in [3.05, 3.63) is 17.7 Å². The molecule has 0 aliphatic carbocycles. The molecule has 0 radical (unpaired) electrons. The fourth-order valence-corrected chi connectivity index (χ4v) is 3.03. The van der Waals surface area contributed by atoms with Gasteiger partial charge in [0.15, 0.2) is 0 Å². The highest BCUT2D eigenvalue weighted by molar-refractivity contribution is 5.08. The summed E-state index contributed by atoms with van der Waals surface area (Å²) in [5, 5.41) is 0. The van der Waals surface area contributed by atoms with Gasteiger partial charge in [-0.2, -0.15) is 0 Å². The summed E-state index contributed by atoms with van der Waals surface area (Å²) in [4.78, 5) is 9.68. The number of nitrogens with zero attached hydrogens (tertiary/aromatic N) is 4. The van der Waals surface area contributed by atoms with E-state index in [0.717, 1.165) is 25.8 Å². The molecule has 1 aromatic heterocycles. The van der Waals surface area contributed by atoms with E-state index in [0.29, 0.717) is 0 Å². The Bertz CT molecular complexity index is 419.